The van der Waals surface area contributed by atoms with Crippen molar-refractivity contribution in [3.63, 3.8) is 0 Å². The smallest absolute Gasteiger partial charge is 0.252 e. The fourth-order valence-corrected chi connectivity index (χ4v) is 4.35. The minimum Gasteiger partial charge on any atom is -0.319 e. The van der Waals surface area contributed by atoms with E-state index in [2.05, 4.69) is 49.9 Å². The Hall–Kier alpha value is -0.890. The van der Waals surface area contributed by atoms with Gasteiger partial charge in [-0.05, 0) is 36.0 Å². The summed E-state index contributed by atoms with van der Waals surface area (Å²) in [4.78, 5) is 0. The van der Waals surface area contributed by atoms with Gasteiger partial charge in [-0.25, -0.2) is 0 Å². The van der Waals surface area contributed by atoms with Crippen LogP contribution in [0, 0.1) is 16.7 Å². The molecule has 98 valence electrons. The largest absolute Gasteiger partial charge is 0.319 e. The highest BCUT2D eigenvalue weighted by Gasteiger charge is 2.60. The summed E-state index contributed by atoms with van der Waals surface area (Å²) in [5, 5.41) is 0. The molecule has 0 saturated heterocycles. The van der Waals surface area contributed by atoms with Gasteiger partial charge >= 0.3 is 0 Å². The lowest BCUT2D eigenvalue weighted by molar-refractivity contribution is -0.736. The van der Waals surface area contributed by atoms with Crippen LogP contribution in [0.15, 0.2) is 30.6 Å². The third-order valence-corrected chi connectivity index (χ3v) is 5.31. The summed E-state index contributed by atoms with van der Waals surface area (Å²) in [6.45, 7) is 7.88. The molecule has 1 unspecified atom stereocenters. The number of hydrogen-bond donors (Lipinski definition) is 0. The van der Waals surface area contributed by atoms with Crippen molar-refractivity contribution in [2.24, 2.45) is 16.7 Å². The summed E-state index contributed by atoms with van der Waals surface area (Å²) >= 11 is 0. The second-order valence-electron chi connectivity index (χ2n) is 6.98. The number of ether oxygens (including phenoxy) is 1. The van der Waals surface area contributed by atoms with E-state index >= 15 is 0 Å². The molecule has 2 heteroatoms. The number of hydrogen-bond acceptors (Lipinski definition) is 1. The van der Waals surface area contributed by atoms with Crippen molar-refractivity contribution in [3.05, 3.63) is 30.6 Å². The molecule has 3 atom stereocenters. The molecule has 2 aliphatic rings. The fraction of sp³-hybridized carbons (Fsp3) is 0.688. The number of fused-ring (bicyclic) bond motifs is 2. The first kappa shape index (κ1) is 12.2. The Morgan fingerprint density at radius 1 is 1.17 bits per heavy atom. The number of rotatable bonds is 3. The molecule has 0 aliphatic heterocycles. The van der Waals surface area contributed by atoms with Gasteiger partial charge in [0.25, 0.3) is 6.73 Å². The third-order valence-electron chi connectivity index (χ3n) is 5.31. The molecule has 2 saturated carbocycles. The van der Waals surface area contributed by atoms with Crippen molar-refractivity contribution >= 4 is 0 Å². The Labute approximate surface area is 110 Å². The lowest BCUT2D eigenvalue weighted by Gasteiger charge is -2.41. The second kappa shape index (κ2) is 4.06. The van der Waals surface area contributed by atoms with Gasteiger partial charge in [0.15, 0.2) is 12.4 Å². The normalized spacial score (nSPS) is 37.1. The minimum absolute atomic E-state index is 0.336. The predicted octanol–water partition coefficient (Wildman–Crippen LogP) is 3.16. The van der Waals surface area contributed by atoms with Crippen molar-refractivity contribution in [1.82, 2.24) is 0 Å². The fourth-order valence-electron chi connectivity index (χ4n) is 4.35. The van der Waals surface area contributed by atoms with Crippen LogP contribution in [-0.2, 0) is 11.5 Å². The lowest BCUT2D eigenvalue weighted by Crippen LogP contribution is -2.46. The molecule has 1 aromatic rings. The van der Waals surface area contributed by atoms with E-state index in [1.54, 1.807) is 0 Å². The number of aromatic nitrogens is 1. The molecule has 2 aliphatic carbocycles. The van der Waals surface area contributed by atoms with Crippen LogP contribution < -0.4 is 4.57 Å². The maximum atomic E-state index is 6.30. The summed E-state index contributed by atoms with van der Waals surface area (Å²) in [6, 6.07) is 6.15. The standard InChI is InChI=1S/C16H24NO/c1-15(2)13-7-8-16(3,11-13)14(15)18-12-17-9-5-4-6-10-17/h4-6,9-10,13-14H,7-8,11-12H2,1-3H3/q+1/t13-,14+,16?/m0/s1. The van der Waals surface area contributed by atoms with Gasteiger partial charge in [0.1, 0.15) is 0 Å². The maximum absolute atomic E-state index is 6.30. The molecule has 2 fully saturated rings. The Bertz CT molecular complexity index is 423. The van der Waals surface area contributed by atoms with Crippen LogP contribution in [0.1, 0.15) is 40.0 Å². The van der Waals surface area contributed by atoms with Gasteiger partial charge in [-0.2, -0.15) is 4.57 Å². The molecule has 0 amide bonds. The zero-order valence-corrected chi connectivity index (χ0v) is 11.7. The van der Waals surface area contributed by atoms with Gasteiger partial charge in [-0.15, -0.1) is 0 Å². The van der Waals surface area contributed by atoms with E-state index in [0.717, 1.165) is 5.92 Å². The van der Waals surface area contributed by atoms with E-state index in [1.807, 2.05) is 6.07 Å². The van der Waals surface area contributed by atoms with Crippen molar-refractivity contribution in [2.45, 2.75) is 52.9 Å². The predicted molar refractivity (Wildman–Crippen MR) is 70.7 cm³/mol. The van der Waals surface area contributed by atoms with Gasteiger partial charge in [-0.3, -0.25) is 0 Å². The molecule has 0 N–H and O–H groups in total. The Balaban J connectivity index is 1.73. The van der Waals surface area contributed by atoms with E-state index < -0.39 is 0 Å². The Kier molecular flexibility index (Phi) is 2.74. The van der Waals surface area contributed by atoms with Crippen molar-refractivity contribution in [3.8, 4) is 0 Å². The zero-order chi connectivity index (χ0) is 12.8. The molecule has 0 radical (unpaired) electrons. The number of pyridine rings is 1. The number of nitrogens with zero attached hydrogens (tertiary/aromatic N) is 1. The first-order valence-corrected chi connectivity index (χ1v) is 7.08. The third kappa shape index (κ3) is 1.78. The van der Waals surface area contributed by atoms with Crippen LogP contribution in [-0.4, -0.2) is 6.10 Å². The van der Waals surface area contributed by atoms with Crippen LogP contribution >= 0.6 is 0 Å². The van der Waals surface area contributed by atoms with Crippen LogP contribution in [0.2, 0.25) is 0 Å². The molecule has 1 heterocycles. The van der Waals surface area contributed by atoms with Crippen LogP contribution in [0.25, 0.3) is 0 Å². The Morgan fingerprint density at radius 2 is 1.89 bits per heavy atom. The van der Waals surface area contributed by atoms with Gasteiger partial charge in [0, 0.05) is 12.1 Å². The highest BCUT2D eigenvalue weighted by molar-refractivity contribution is 5.09. The summed E-state index contributed by atoms with van der Waals surface area (Å²) in [5.74, 6) is 0.855. The summed E-state index contributed by atoms with van der Waals surface area (Å²) in [7, 11) is 0. The van der Waals surface area contributed by atoms with E-state index in [4.69, 9.17) is 4.74 Å². The van der Waals surface area contributed by atoms with Crippen LogP contribution in [0.5, 0.6) is 0 Å². The minimum atomic E-state index is 0.336. The summed E-state index contributed by atoms with van der Waals surface area (Å²) in [5.41, 5.74) is 0.742. The van der Waals surface area contributed by atoms with Crippen molar-refractivity contribution in [1.29, 1.82) is 0 Å². The quantitative estimate of drug-likeness (QED) is 0.747. The first-order valence-electron chi connectivity index (χ1n) is 7.08. The summed E-state index contributed by atoms with van der Waals surface area (Å²) < 4.78 is 8.42. The van der Waals surface area contributed by atoms with Crippen LogP contribution in [0.3, 0.4) is 0 Å². The monoisotopic (exact) mass is 246 g/mol. The summed E-state index contributed by atoms with van der Waals surface area (Å²) in [6.07, 6.45) is 8.62. The van der Waals surface area contributed by atoms with E-state index in [9.17, 15) is 0 Å². The van der Waals surface area contributed by atoms with E-state index in [1.165, 1.54) is 19.3 Å². The van der Waals surface area contributed by atoms with E-state index in [-0.39, 0.29) is 0 Å². The highest BCUT2D eigenvalue weighted by Crippen LogP contribution is 2.63. The van der Waals surface area contributed by atoms with E-state index in [0.29, 0.717) is 23.7 Å². The van der Waals surface area contributed by atoms with Crippen molar-refractivity contribution < 1.29 is 9.30 Å². The molecule has 0 spiro atoms. The molecule has 2 nitrogen and oxygen atoms in total. The zero-order valence-electron chi connectivity index (χ0n) is 11.7. The first-order chi connectivity index (χ1) is 8.52. The molecule has 0 aromatic carbocycles. The molecule has 3 rings (SSSR count). The molecular formula is C16H24NO+. The lowest BCUT2D eigenvalue weighted by atomic mass is 9.70. The molecule has 2 bridgehead atoms. The topological polar surface area (TPSA) is 13.1 Å². The van der Waals surface area contributed by atoms with Gasteiger partial charge in [-0.1, -0.05) is 26.8 Å². The molecule has 18 heavy (non-hydrogen) atoms. The van der Waals surface area contributed by atoms with Gasteiger partial charge < -0.3 is 4.74 Å². The van der Waals surface area contributed by atoms with Gasteiger partial charge in [0.2, 0.25) is 0 Å². The second-order valence-corrected chi connectivity index (χ2v) is 6.98. The highest BCUT2D eigenvalue weighted by atomic mass is 16.5. The molecule has 1 aromatic heterocycles. The SMILES string of the molecule is CC12CC[C@@H](C1)C(C)(C)[C@H]2OC[n+]1ccccc1. The Morgan fingerprint density at radius 3 is 2.50 bits per heavy atom. The average Bonchev–Trinajstić information content (AvgIpc) is 2.81. The van der Waals surface area contributed by atoms with Gasteiger partial charge in [0.05, 0.1) is 6.10 Å². The van der Waals surface area contributed by atoms with Crippen LogP contribution in [0.4, 0.5) is 0 Å². The average molecular weight is 246 g/mol. The maximum Gasteiger partial charge on any atom is 0.252 e. The molecular weight excluding hydrogens is 222 g/mol. The van der Waals surface area contributed by atoms with Crippen molar-refractivity contribution in [2.75, 3.05) is 0 Å².